The van der Waals surface area contributed by atoms with Crippen LogP contribution in [0.4, 0.5) is 0 Å². The van der Waals surface area contributed by atoms with E-state index in [0.717, 1.165) is 13.0 Å². The second-order valence-electron chi connectivity index (χ2n) is 3.75. The normalized spacial score (nSPS) is 18.5. The van der Waals surface area contributed by atoms with E-state index >= 15 is 0 Å². The highest BCUT2D eigenvalue weighted by Gasteiger charge is 2.23. The van der Waals surface area contributed by atoms with Gasteiger partial charge in [0.05, 0.1) is 17.6 Å². The van der Waals surface area contributed by atoms with Crippen molar-refractivity contribution in [2.45, 2.75) is 23.8 Å². The summed E-state index contributed by atoms with van der Waals surface area (Å²) in [6.07, 6.45) is 1.62. The molecule has 2 rings (SSSR count). The molecule has 1 aliphatic heterocycles. The van der Waals surface area contributed by atoms with Crippen LogP contribution in [-0.4, -0.2) is 21.1 Å². The van der Waals surface area contributed by atoms with Gasteiger partial charge in [0.25, 0.3) is 10.0 Å². The van der Waals surface area contributed by atoms with E-state index in [2.05, 4.69) is 9.43 Å². The molecule has 0 N–H and O–H groups in total. The molecule has 0 aliphatic carbocycles. The van der Waals surface area contributed by atoms with E-state index < -0.39 is 10.0 Å². The fourth-order valence-electron chi connectivity index (χ4n) is 1.61. The summed E-state index contributed by atoms with van der Waals surface area (Å²) < 4.78 is 31.2. The quantitative estimate of drug-likeness (QED) is 0.347. The van der Waals surface area contributed by atoms with Crippen molar-refractivity contribution in [3.63, 3.8) is 0 Å². The third kappa shape index (κ3) is 2.97. The summed E-state index contributed by atoms with van der Waals surface area (Å²) >= 11 is 0. The van der Waals surface area contributed by atoms with Gasteiger partial charge in [0.15, 0.2) is 0 Å². The third-order valence-electron chi connectivity index (χ3n) is 2.53. The Bertz CT molecular complexity index is 560. The Morgan fingerprint density at radius 3 is 2.82 bits per heavy atom. The molecule has 0 amide bonds. The van der Waals surface area contributed by atoms with Crippen molar-refractivity contribution in [1.29, 1.82) is 0 Å². The number of ether oxygens (including phenoxy) is 1. The lowest BCUT2D eigenvalue weighted by Crippen LogP contribution is -2.02. The zero-order valence-electron chi connectivity index (χ0n) is 8.98. The van der Waals surface area contributed by atoms with Crippen LogP contribution >= 0.6 is 0 Å². The molecule has 7 heteroatoms. The van der Waals surface area contributed by atoms with E-state index in [0.29, 0.717) is 12.0 Å². The van der Waals surface area contributed by atoms with Gasteiger partial charge in [-0.05, 0) is 30.0 Å². The molecule has 1 heterocycles. The van der Waals surface area contributed by atoms with Gasteiger partial charge in [-0.25, -0.2) is 8.42 Å². The van der Waals surface area contributed by atoms with Crippen LogP contribution in [0, 0.1) is 0 Å². The molecule has 1 aromatic rings. The lowest BCUT2D eigenvalue weighted by atomic mass is 10.1. The average Bonchev–Trinajstić information content (AvgIpc) is 3.10. The number of benzene rings is 1. The van der Waals surface area contributed by atoms with Gasteiger partial charge in [0.1, 0.15) is 0 Å². The predicted molar refractivity (Wildman–Crippen MR) is 60.8 cm³/mol. The Morgan fingerprint density at radius 1 is 1.47 bits per heavy atom. The molecule has 6 nitrogen and oxygen atoms in total. The van der Waals surface area contributed by atoms with E-state index in [-0.39, 0.29) is 11.0 Å². The molecule has 1 saturated heterocycles. The second-order valence-corrected chi connectivity index (χ2v) is 5.30. The fourth-order valence-corrected chi connectivity index (χ4v) is 2.54. The molecule has 90 valence electrons. The second kappa shape index (κ2) is 4.75. The Balaban J connectivity index is 2.28. The van der Waals surface area contributed by atoms with Crippen molar-refractivity contribution in [1.82, 2.24) is 0 Å². The summed E-state index contributed by atoms with van der Waals surface area (Å²) in [5, 5.41) is 0. The molecule has 1 unspecified atom stereocenters. The van der Waals surface area contributed by atoms with Gasteiger partial charge in [0.2, 0.25) is 0 Å². The number of nitrogens with zero attached hydrogens (tertiary/aromatic N) is 3. The lowest BCUT2D eigenvalue weighted by Gasteiger charge is -2.05. The number of rotatable bonds is 5. The number of epoxide rings is 1. The van der Waals surface area contributed by atoms with Crippen LogP contribution in [0.1, 0.15) is 12.0 Å². The standard InChI is InChI=1S/C10H11N3O3S/c11-12-13-17(14,15)10-4-2-1-3-8(10)5-6-9-7-16-9/h1-4,9H,5-7H2. The van der Waals surface area contributed by atoms with E-state index in [1.165, 1.54) is 6.07 Å². The average molecular weight is 253 g/mol. The van der Waals surface area contributed by atoms with Crippen LogP contribution in [0.5, 0.6) is 0 Å². The first-order valence-electron chi connectivity index (χ1n) is 5.14. The summed E-state index contributed by atoms with van der Waals surface area (Å²) in [5.74, 6) is 0. The molecule has 0 radical (unpaired) electrons. The minimum atomic E-state index is -3.90. The number of sulfonamides is 1. The van der Waals surface area contributed by atoms with Crippen LogP contribution < -0.4 is 0 Å². The van der Waals surface area contributed by atoms with Gasteiger partial charge in [-0.3, -0.25) is 0 Å². The first-order valence-corrected chi connectivity index (χ1v) is 6.58. The van der Waals surface area contributed by atoms with Crippen LogP contribution in [0.2, 0.25) is 0 Å². The third-order valence-corrected chi connectivity index (χ3v) is 3.77. The van der Waals surface area contributed by atoms with Gasteiger partial charge in [0, 0.05) is 9.43 Å². The monoisotopic (exact) mass is 253 g/mol. The first-order chi connectivity index (χ1) is 8.13. The highest BCUT2D eigenvalue weighted by molar-refractivity contribution is 7.90. The maximum Gasteiger partial charge on any atom is 0.264 e. The molecule has 1 fully saturated rings. The minimum Gasteiger partial charge on any atom is -0.373 e. The van der Waals surface area contributed by atoms with Crippen molar-refractivity contribution in [2.24, 2.45) is 4.52 Å². The molecule has 1 aliphatic rings. The molecule has 17 heavy (non-hydrogen) atoms. The van der Waals surface area contributed by atoms with Gasteiger partial charge >= 0.3 is 0 Å². The Labute approximate surface area is 98.9 Å². The Morgan fingerprint density at radius 2 is 2.18 bits per heavy atom. The minimum absolute atomic E-state index is 0.0819. The molecular weight excluding hydrogens is 242 g/mol. The number of azide groups is 1. The van der Waals surface area contributed by atoms with Crippen molar-refractivity contribution in [2.75, 3.05) is 6.61 Å². The lowest BCUT2D eigenvalue weighted by molar-refractivity contribution is 0.396. The van der Waals surface area contributed by atoms with Gasteiger partial charge < -0.3 is 4.74 Å². The number of hydrogen-bond donors (Lipinski definition) is 0. The topological polar surface area (TPSA) is 95.4 Å². The van der Waals surface area contributed by atoms with E-state index in [4.69, 9.17) is 10.3 Å². The van der Waals surface area contributed by atoms with Gasteiger partial charge in [-0.1, -0.05) is 18.2 Å². The van der Waals surface area contributed by atoms with Gasteiger partial charge in [-0.2, -0.15) is 0 Å². The smallest absolute Gasteiger partial charge is 0.264 e. The molecule has 0 saturated carbocycles. The van der Waals surface area contributed by atoms with Crippen LogP contribution in [0.3, 0.4) is 0 Å². The SMILES string of the molecule is [N-]=[N+]=NS(=O)(=O)c1ccccc1CCC1CO1. The summed E-state index contributed by atoms with van der Waals surface area (Å²) in [5.41, 5.74) is 8.90. The summed E-state index contributed by atoms with van der Waals surface area (Å²) in [4.78, 5) is 2.43. The predicted octanol–water partition coefficient (Wildman–Crippen LogP) is 2.02. The molecule has 1 atom stereocenters. The number of aryl methyl sites for hydroxylation is 1. The highest BCUT2D eigenvalue weighted by atomic mass is 32.2. The first kappa shape index (κ1) is 11.9. The number of hydrogen-bond acceptors (Lipinski definition) is 3. The van der Waals surface area contributed by atoms with Crippen LogP contribution in [-0.2, 0) is 21.2 Å². The van der Waals surface area contributed by atoms with Crippen molar-refractivity contribution >= 4 is 10.0 Å². The fraction of sp³-hybridized carbons (Fsp3) is 0.400. The molecule has 0 bridgehead atoms. The van der Waals surface area contributed by atoms with Gasteiger partial charge in [-0.15, -0.1) is 0 Å². The molecule has 1 aromatic carbocycles. The van der Waals surface area contributed by atoms with Crippen molar-refractivity contribution in [3.05, 3.63) is 40.3 Å². The van der Waals surface area contributed by atoms with E-state index in [9.17, 15) is 8.42 Å². The van der Waals surface area contributed by atoms with E-state index in [1.807, 2.05) is 0 Å². The molecular formula is C10H11N3O3S. The van der Waals surface area contributed by atoms with E-state index in [1.54, 1.807) is 18.2 Å². The maximum absolute atomic E-state index is 11.7. The maximum atomic E-state index is 11.7. The largest absolute Gasteiger partial charge is 0.373 e. The van der Waals surface area contributed by atoms with Crippen LogP contribution in [0.15, 0.2) is 33.7 Å². The highest BCUT2D eigenvalue weighted by Crippen LogP contribution is 2.22. The van der Waals surface area contributed by atoms with Crippen LogP contribution in [0.25, 0.3) is 10.4 Å². The Hall–Kier alpha value is -1.56. The Kier molecular flexibility index (Phi) is 3.33. The molecule has 0 aromatic heterocycles. The zero-order valence-corrected chi connectivity index (χ0v) is 9.80. The zero-order chi connectivity index (χ0) is 12.3. The summed E-state index contributed by atoms with van der Waals surface area (Å²) in [6, 6.07) is 6.55. The summed E-state index contributed by atoms with van der Waals surface area (Å²) in [6.45, 7) is 0.741. The van der Waals surface area contributed by atoms with Crippen molar-refractivity contribution in [3.8, 4) is 0 Å². The molecule has 0 spiro atoms. The summed E-state index contributed by atoms with van der Waals surface area (Å²) in [7, 11) is -3.90. The van der Waals surface area contributed by atoms with Crippen molar-refractivity contribution < 1.29 is 13.2 Å².